The molecule has 0 saturated heterocycles. The number of aryl methyl sites for hydroxylation is 1. The van der Waals surface area contributed by atoms with Crippen LogP contribution in [0.4, 0.5) is 5.82 Å². The fraction of sp³-hybridized carbons (Fsp3) is 0.267. The predicted molar refractivity (Wildman–Crippen MR) is 72.7 cm³/mol. The van der Waals surface area contributed by atoms with Gasteiger partial charge in [-0.25, -0.2) is 4.98 Å². The molecule has 2 aromatic heterocycles. The zero-order valence-electron chi connectivity index (χ0n) is 10.8. The van der Waals surface area contributed by atoms with Crippen LogP contribution in [-0.2, 0) is 17.6 Å². The Balaban J connectivity index is 1.71. The van der Waals surface area contributed by atoms with Crippen molar-refractivity contribution < 1.29 is 4.79 Å². The van der Waals surface area contributed by atoms with Crippen molar-refractivity contribution in [2.24, 2.45) is 5.92 Å². The molecule has 0 spiro atoms. The number of nitrogens with one attached hydrogen (secondary N) is 1. The SMILES string of the molecule is Cc1cnc2c(c1)C[C@H](C(=O)Nc1ccccn1)C2. The molecule has 1 aliphatic carbocycles. The van der Waals surface area contributed by atoms with Crippen molar-refractivity contribution in [2.75, 3.05) is 5.32 Å². The van der Waals surface area contributed by atoms with Gasteiger partial charge in [-0.15, -0.1) is 0 Å². The summed E-state index contributed by atoms with van der Waals surface area (Å²) >= 11 is 0. The fourth-order valence-corrected chi connectivity index (χ4v) is 2.44. The summed E-state index contributed by atoms with van der Waals surface area (Å²) in [6, 6.07) is 7.60. The van der Waals surface area contributed by atoms with Gasteiger partial charge in [0, 0.05) is 30.4 Å². The highest BCUT2D eigenvalue weighted by Crippen LogP contribution is 2.26. The minimum Gasteiger partial charge on any atom is -0.310 e. The Morgan fingerprint density at radius 2 is 2.21 bits per heavy atom. The molecule has 0 radical (unpaired) electrons. The number of carbonyl (C=O) groups excluding carboxylic acids is 1. The maximum Gasteiger partial charge on any atom is 0.229 e. The van der Waals surface area contributed by atoms with Gasteiger partial charge in [-0.3, -0.25) is 9.78 Å². The topological polar surface area (TPSA) is 54.9 Å². The molecule has 0 fully saturated rings. The molecular weight excluding hydrogens is 238 g/mol. The van der Waals surface area contributed by atoms with Crippen LogP contribution < -0.4 is 5.32 Å². The number of aromatic nitrogens is 2. The number of rotatable bonds is 2. The van der Waals surface area contributed by atoms with Gasteiger partial charge in [0.2, 0.25) is 5.91 Å². The third-order valence-electron chi connectivity index (χ3n) is 3.39. The van der Waals surface area contributed by atoms with Gasteiger partial charge in [-0.2, -0.15) is 0 Å². The average molecular weight is 253 g/mol. The quantitative estimate of drug-likeness (QED) is 0.892. The van der Waals surface area contributed by atoms with Crippen LogP contribution >= 0.6 is 0 Å². The van der Waals surface area contributed by atoms with E-state index < -0.39 is 0 Å². The molecule has 0 unspecified atom stereocenters. The summed E-state index contributed by atoms with van der Waals surface area (Å²) in [5.74, 6) is 0.591. The zero-order valence-corrected chi connectivity index (χ0v) is 10.8. The Labute approximate surface area is 111 Å². The maximum absolute atomic E-state index is 12.2. The number of pyridine rings is 2. The monoisotopic (exact) mass is 253 g/mol. The van der Waals surface area contributed by atoms with E-state index in [2.05, 4.69) is 21.4 Å². The lowest BCUT2D eigenvalue weighted by atomic mass is 10.1. The van der Waals surface area contributed by atoms with E-state index >= 15 is 0 Å². The highest BCUT2D eigenvalue weighted by atomic mass is 16.1. The molecule has 1 atom stereocenters. The number of hydrogen-bond donors (Lipinski definition) is 1. The molecule has 1 aliphatic rings. The van der Waals surface area contributed by atoms with E-state index in [1.807, 2.05) is 25.3 Å². The summed E-state index contributed by atoms with van der Waals surface area (Å²) in [7, 11) is 0. The number of anilines is 1. The summed E-state index contributed by atoms with van der Waals surface area (Å²) in [5.41, 5.74) is 3.39. The summed E-state index contributed by atoms with van der Waals surface area (Å²) in [6.45, 7) is 2.02. The van der Waals surface area contributed by atoms with Gasteiger partial charge in [0.05, 0.1) is 0 Å². The highest BCUT2D eigenvalue weighted by Gasteiger charge is 2.28. The molecule has 0 saturated carbocycles. The number of fused-ring (bicyclic) bond motifs is 1. The number of amides is 1. The first kappa shape index (κ1) is 11.8. The maximum atomic E-state index is 12.2. The number of hydrogen-bond acceptors (Lipinski definition) is 3. The Hall–Kier alpha value is -2.23. The second kappa shape index (κ2) is 4.80. The summed E-state index contributed by atoms with van der Waals surface area (Å²) in [6.07, 6.45) is 5.01. The Bertz CT molecular complexity index is 610. The second-order valence-electron chi connectivity index (χ2n) is 4.93. The molecule has 3 rings (SSSR count). The molecule has 1 N–H and O–H groups in total. The van der Waals surface area contributed by atoms with Crippen LogP contribution in [0.5, 0.6) is 0 Å². The van der Waals surface area contributed by atoms with Gasteiger partial charge in [0.15, 0.2) is 0 Å². The molecule has 1 amide bonds. The summed E-state index contributed by atoms with van der Waals surface area (Å²) < 4.78 is 0. The minimum absolute atomic E-state index is 0.0225. The van der Waals surface area contributed by atoms with Crippen molar-refractivity contribution in [2.45, 2.75) is 19.8 Å². The van der Waals surface area contributed by atoms with Crippen LogP contribution in [0, 0.1) is 12.8 Å². The van der Waals surface area contributed by atoms with Crippen molar-refractivity contribution in [1.29, 1.82) is 0 Å². The summed E-state index contributed by atoms with van der Waals surface area (Å²) in [4.78, 5) is 20.7. The van der Waals surface area contributed by atoms with Crippen LogP contribution in [0.3, 0.4) is 0 Å². The van der Waals surface area contributed by atoms with E-state index in [-0.39, 0.29) is 11.8 Å². The Kier molecular flexibility index (Phi) is 2.99. The third kappa shape index (κ3) is 2.47. The molecule has 96 valence electrons. The van der Waals surface area contributed by atoms with Crippen molar-refractivity contribution in [3.8, 4) is 0 Å². The van der Waals surface area contributed by atoms with Crippen LogP contribution in [0.2, 0.25) is 0 Å². The lowest BCUT2D eigenvalue weighted by Crippen LogP contribution is -2.23. The van der Waals surface area contributed by atoms with Gasteiger partial charge in [-0.05, 0) is 36.6 Å². The van der Waals surface area contributed by atoms with Gasteiger partial charge in [-0.1, -0.05) is 12.1 Å². The first-order valence-electron chi connectivity index (χ1n) is 6.38. The molecule has 0 aliphatic heterocycles. The lowest BCUT2D eigenvalue weighted by Gasteiger charge is -2.09. The fourth-order valence-electron chi connectivity index (χ4n) is 2.44. The molecule has 19 heavy (non-hydrogen) atoms. The van der Waals surface area contributed by atoms with E-state index in [9.17, 15) is 4.79 Å². The number of nitrogens with zero attached hydrogens (tertiary/aromatic N) is 2. The van der Waals surface area contributed by atoms with Crippen molar-refractivity contribution >= 4 is 11.7 Å². The Morgan fingerprint density at radius 3 is 3.00 bits per heavy atom. The van der Waals surface area contributed by atoms with Crippen molar-refractivity contribution in [3.05, 3.63) is 53.5 Å². The molecule has 0 aromatic carbocycles. The summed E-state index contributed by atoms with van der Waals surface area (Å²) in [5, 5.41) is 2.86. The second-order valence-corrected chi connectivity index (χ2v) is 4.93. The first-order chi connectivity index (χ1) is 9.22. The van der Waals surface area contributed by atoms with E-state index in [0.717, 1.165) is 17.7 Å². The van der Waals surface area contributed by atoms with Crippen LogP contribution in [0.1, 0.15) is 16.8 Å². The van der Waals surface area contributed by atoms with Gasteiger partial charge < -0.3 is 5.32 Å². The normalized spacial score (nSPS) is 17.0. The van der Waals surface area contributed by atoms with E-state index in [1.165, 1.54) is 5.56 Å². The molecule has 2 aromatic rings. The molecule has 4 heteroatoms. The van der Waals surface area contributed by atoms with E-state index in [1.54, 1.807) is 12.3 Å². The van der Waals surface area contributed by atoms with Gasteiger partial charge in [0.25, 0.3) is 0 Å². The van der Waals surface area contributed by atoms with E-state index in [4.69, 9.17) is 0 Å². The third-order valence-corrected chi connectivity index (χ3v) is 3.39. The molecular formula is C15H15N3O. The standard InChI is InChI=1S/C15H15N3O/c1-10-6-11-7-12(8-13(11)17-9-10)15(19)18-14-4-2-3-5-16-14/h2-6,9,12H,7-8H2,1H3,(H,16,18,19)/t12-/m0/s1. The minimum atomic E-state index is -0.0358. The highest BCUT2D eigenvalue weighted by molar-refractivity contribution is 5.92. The number of carbonyl (C=O) groups is 1. The molecule has 4 nitrogen and oxygen atoms in total. The Morgan fingerprint density at radius 1 is 1.32 bits per heavy atom. The van der Waals surface area contributed by atoms with Gasteiger partial charge in [0.1, 0.15) is 5.82 Å². The largest absolute Gasteiger partial charge is 0.310 e. The lowest BCUT2D eigenvalue weighted by molar-refractivity contribution is -0.119. The van der Waals surface area contributed by atoms with Crippen LogP contribution in [-0.4, -0.2) is 15.9 Å². The molecule has 0 bridgehead atoms. The van der Waals surface area contributed by atoms with Crippen molar-refractivity contribution in [1.82, 2.24) is 9.97 Å². The van der Waals surface area contributed by atoms with E-state index in [0.29, 0.717) is 12.2 Å². The first-order valence-corrected chi connectivity index (χ1v) is 6.38. The van der Waals surface area contributed by atoms with Crippen LogP contribution in [0.25, 0.3) is 0 Å². The van der Waals surface area contributed by atoms with Gasteiger partial charge >= 0.3 is 0 Å². The zero-order chi connectivity index (χ0) is 13.2. The molecule has 2 heterocycles. The van der Waals surface area contributed by atoms with Crippen molar-refractivity contribution in [3.63, 3.8) is 0 Å². The predicted octanol–water partition coefficient (Wildman–Crippen LogP) is 2.14. The average Bonchev–Trinajstić information content (AvgIpc) is 2.83. The van der Waals surface area contributed by atoms with Crippen LogP contribution in [0.15, 0.2) is 36.7 Å². The smallest absolute Gasteiger partial charge is 0.229 e.